The molecule has 96 valence electrons. The maximum atomic E-state index is 5.61. The third kappa shape index (κ3) is 2.20. The van der Waals surface area contributed by atoms with E-state index in [0.717, 1.165) is 17.1 Å². The number of aromatic nitrogens is 2. The molecule has 1 aliphatic heterocycles. The van der Waals surface area contributed by atoms with E-state index in [1.54, 1.807) is 11.3 Å². The van der Waals surface area contributed by atoms with Crippen molar-refractivity contribution in [2.45, 2.75) is 25.0 Å². The molecule has 0 spiro atoms. The highest BCUT2D eigenvalue weighted by molar-refractivity contribution is 7.98. The van der Waals surface area contributed by atoms with Gasteiger partial charge >= 0.3 is 0 Å². The van der Waals surface area contributed by atoms with Gasteiger partial charge in [-0.1, -0.05) is 12.1 Å². The Labute approximate surface area is 114 Å². The van der Waals surface area contributed by atoms with Crippen LogP contribution in [0.3, 0.4) is 0 Å². The predicted molar refractivity (Wildman–Crippen MR) is 74.9 cm³/mol. The number of aryl methyl sites for hydroxylation is 1. The first-order chi connectivity index (χ1) is 8.78. The molecule has 18 heavy (non-hydrogen) atoms. The summed E-state index contributed by atoms with van der Waals surface area (Å²) in [6, 6.07) is 2.19. The fourth-order valence-electron chi connectivity index (χ4n) is 1.89. The molecule has 1 aliphatic rings. The van der Waals surface area contributed by atoms with E-state index in [1.807, 2.05) is 18.7 Å². The molecule has 3 heterocycles. The number of rotatable bonds is 3. The van der Waals surface area contributed by atoms with E-state index >= 15 is 0 Å². The molecule has 0 saturated heterocycles. The van der Waals surface area contributed by atoms with Crippen molar-refractivity contribution in [1.82, 2.24) is 10.1 Å². The van der Waals surface area contributed by atoms with Crippen molar-refractivity contribution in [3.8, 4) is 10.8 Å². The van der Waals surface area contributed by atoms with E-state index in [9.17, 15) is 0 Å². The van der Waals surface area contributed by atoms with Crippen LogP contribution in [0.1, 0.15) is 29.1 Å². The molecule has 1 atom stereocenters. The number of hydrogen-bond donors (Lipinski definition) is 1. The van der Waals surface area contributed by atoms with Crippen LogP contribution in [0.4, 0.5) is 0 Å². The Balaban J connectivity index is 1.90. The van der Waals surface area contributed by atoms with Crippen molar-refractivity contribution >= 4 is 23.1 Å². The molecule has 2 aromatic heterocycles. The van der Waals surface area contributed by atoms with Gasteiger partial charge in [-0.15, -0.1) is 11.3 Å². The number of nitrogens with zero attached hydrogens (tertiary/aromatic N) is 2. The minimum Gasteiger partial charge on any atom is -0.333 e. The van der Waals surface area contributed by atoms with Gasteiger partial charge in [0.15, 0.2) is 5.82 Å². The Morgan fingerprint density at radius 1 is 1.56 bits per heavy atom. The minimum atomic E-state index is 0.146. The van der Waals surface area contributed by atoms with Crippen molar-refractivity contribution in [3.05, 3.63) is 22.3 Å². The summed E-state index contributed by atoms with van der Waals surface area (Å²) in [7, 11) is 0. The summed E-state index contributed by atoms with van der Waals surface area (Å²) in [6.45, 7) is 2.54. The van der Waals surface area contributed by atoms with E-state index in [4.69, 9.17) is 10.3 Å². The summed E-state index contributed by atoms with van der Waals surface area (Å²) < 4.78 is 5.34. The first-order valence-electron chi connectivity index (χ1n) is 6.01. The Morgan fingerprint density at radius 2 is 2.44 bits per heavy atom. The van der Waals surface area contributed by atoms with Crippen molar-refractivity contribution in [2.24, 2.45) is 5.73 Å². The van der Waals surface area contributed by atoms with Crippen LogP contribution < -0.4 is 5.73 Å². The van der Waals surface area contributed by atoms with Gasteiger partial charge < -0.3 is 10.3 Å². The molecule has 2 N–H and O–H groups in total. The second-order valence-corrected chi connectivity index (χ2v) is 6.70. The summed E-state index contributed by atoms with van der Waals surface area (Å²) in [5.41, 5.74) is 7.04. The van der Waals surface area contributed by atoms with Gasteiger partial charge in [-0.3, -0.25) is 0 Å². The molecule has 4 nitrogen and oxygen atoms in total. The summed E-state index contributed by atoms with van der Waals surface area (Å²) in [6.07, 6.45) is 1.16. The largest absolute Gasteiger partial charge is 0.333 e. The SMILES string of the molecule is CC(CN)c1noc(-c2cc3c(s2)CCSC3)n1. The summed E-state index contributed by atoms with van der Waals surface area (Å²) >= 11 is 3.76. The molecule has 0 radical (unpaired) electrons. The number of fused-ring (bicyclic) bond motifs is 1. The van der Waals surface area contributed by atoms with E-state index < -0.39 is 0 Å². The van der Waals surface area contributed by atoms with Gasteiger partial charge in [0, 0.05) is 23.1 Å². The van der Waals surface area contributed by atoms with Crippen molar-refractivity contribution in [3.63, 3.8) is 0 Å². The third-order valence-corrected chi connectivity index (χ3v) is 5.31. The minimum absolute atomic E-state index is 0.146. The highest BCUT2D eigenvalue weighted by Gasteiger charge is 2.19. The molecule has 0 saturated carbocycles. The fourth-order valence-corrected chi connectivity index (χ4v) is 4.19. The molecule has 0 amide bonds. The Kier molecular flexibility index (Phi) is 3.41. The number of hydrogen-bond acceptors (Lipinski definition) is 6. The van der Waals surface area contributed by atoms with Crippen LogP contribution in [0.25, 0.3) is 10.8 Å². The third-order valence-electron chi connectivity index (χ3n) is 3.07. The Morgan fingerprint density at radius 3 is 3.22 bits per heavy atom. The van der Waals surface area contributed by atoms with Crippen molar-refractivity contribution in [2.75, 3.05) is 12.3 Å². The second kappa shape index (κ2) is 5.03. The Bertz CT molecular complexity index is 526. The van der Waals surface area contributed by atoms with Crippen LogP contribution >= 0.6 is 23.1 Å². The highest BCUT2D eigenvalue weighted by Crippen LogP contribution is 2.36. The first kappa shape index (κ1) is 12.2. The summed E-state index contributed by atoms with van der Waals surface area (Å²) in [5.74, 6) is 3.80. The highest BCUT2D eigenvalue weighted by atomic mass is 32.2. The number of nitrogens with two attached hydrogens (primary N) is 1. The molecule has 1 unspecified atom stereocenters. The molecule has 0 bridgehead atoms. The maximum Gasteiger partial charge on any atom is 0.268 e. The molecule has 2 aromatic rings. The summed E-state index contributed by atoms with van der Waals surface area (Å²) in [5, 5.41) is 4.00. The van der Waals surface area contributed by atoms with Crippen LogP contribution in [0, 0.1) is 0 Å². The average Bonchev–Trinajstić information content (AvgIpc) is 3.03. The maximum absolute atomic E-state index is 5.61. The molecule has 0 aliphatic carbocycles. The quantitative estimate of drug-likeness (QED) is 0.937. The molecule has 3 rings (SSSR count). The lowest BCUT2D eigenvalue weighted by Crippen LogP contribution is -2.10. The second-order valence-electron chi connectivity index (χ2n) is 4.46. The molecular formula is C12H15N3OS2. The van der Waals surface area contributed by atoms with Gasteiger partial charge in [0.25, 0.3) is 5.89 Å². The van der Waals surface area contributed by atoms with E-state index in [-0.39, 0.29) is 5.92 Å². The van der Waals surface area contributed by atoms with Crippen LogP contribution in [-0.4, -0.2) is 22.4 Å². The monoisotopic (exact) mass is 281 g/mol. The topological polar surface area (TPSA) is 64.9 Å². The van der Waals surface area contributed by atoms with Gasteiger partial charge in [0.2, 0.25) is 0 Å². The molecule has 0 fully saturated rings. The number of thiophene rings is 1. The van der Waals surface area contributed by atoms with Gasteiger partial charge in [0.05, 0.1) is 4.88 Å². The lowest BCUT2D eigenvalue weighted by molar-refractivity contribution is 0.418. The van der Waals surface area contributed by atoms with Gasteiger partial charge in [-0.2, -0.15) is 16.7 Å². The average molecular weight is 281 g/mol. The zero-order valence-electron chi connectivity index (χ0n) is 10.2. The van der Waals surface area contributed by atoms with Crippen molar-refractivity contribution in [1.29, 1.82) is 0 Å². The molecule has 6 heteroatoms. The number of thioether (sulfide) groups is 1. The summed E-state index contributed by atoms with van der Waals surface area (Å²) in [4.78, 5) is 7.00. The predicted octanol–water partition coefficient (Wildman–Crippen LogP) is 2.65. The lowest BCUT2D eigenvalue weighted by atomic mass is 10.2. The smallest absolute Gasteiger partial charge is 0.268 e. The molecular weight excluding hydrogens is 266 g/mol. The molecule has 0 aromatic carbocycles. The van der Waals surface area contributed by atoms with Crippen LogP contribution in [0.15, 0.2) is 10.6 Å². The van der Waals surface area contributed by atoms with Crippen LogP contribution in [0.2, 0.25) is 0 Å². The van der Waals surface area contributed by atoms with E-state index in [1.165, 1.54) is 16.2 Å². The zero-order valence-corrected chi connectivity index (χ0v) is 11.8. The fraction of sp³-hybridized carbons (Fsp3) is 0.500. The van der Waals surface area contributed by atoms with Gasteiger partial charge in [0.1, 0.15) is 0 Å². The normalized spacial score (nSPS) is 16.6. The van der Waals surface area contributed by atoms with Gasteiger partial charge in [-0.25, -0.2) is 0 Å². The standard InChI is InChI=1S/C12H15N3OS2/c1-7(5-13)11-14-12(16-15-11)10-4-8-6-17-3-2-9(8)18-10/h4,7H,2-3,5-6,13H2,1H3. The van der Waals surface area contributed by atoms with E-state index in [0.29, 0.717) is 18.3 Å². The van der Waals surface area contributed by atoms with E-state index in [2.05, 4.69) is 16.2 Å². The van der Waals surface area contributed by atoms with Crippen LogP contribution in [-0.2, 0) is 12.2 Å². The Hall–Kier alpha value is -0.850. The first-order valence-corrected chi connectivity index (χ1v) is 7.98. The lowest BCUT2D eigenvalue weighted by Gasteiger charge is -2.08. The van der Waals surface area contributed by atoms with Crippen molar-refractivity contribution < 1.29 is 4.52 Å². The zero-order chi connectivity index (χ0) is 12.5. The van der Waals surface area contributed by atoms with Gasteiger partial charge in [-0.05, 0) is 23.8 Å². The van der Waals surface area contributed by atoms with Crippen LogP contribution in [0.5, 0.6) is 0 Å².